The second kappa shape index (κ2) is 6.20. The van der Waals surface area contributed by atoms with Gasteiger partial charge < -0.3 is 0 Å². The zero-order chi connectivity index (χ0) is 12.3. The molecule has 0 aliphatic rings. The molecule has 0 amide bonds. The Bertz CT molecular complexity index is 345. The summed E-state index contributed by atoms with van der Waals surface area (Å²) in [5.41, 5.74) is 2.42. The quantitative estimate of drug-likeness (QED) is 0.727. The van der Waals surface area contributed by atoms with Crippen molar-refractivity contribution in [3.63, 3.8) is 0 Å². The molecular weight excluding hydrogens is 332 g/mol. The van der Waals surface area contributed by atoms with E-state index in [0.717, 1.165) is 24.0 Å². The van der Waals surface area contributed by atoms with Gasteiger partial charge in [0.2, 0.25) is 0 Å². The SMILES string of the molecule is CCn1nc(C)c(Br)c1CC(CBr)C(C)C. The van der Waals surface area contributed by atoms with Crippen LogP contribution in [-0.4, -0.2) is 15.1 Å². The van der Waals surface area contributed by atoms with E-state index in [4.69, 9.17) is 0 Å². The minimum Gasteiger partial charge on any atom is -0.268 e. The summed E-state index contributed by atoms with van der Waals surface area (Å²) in [5, 5.41) is 5.58. The van der Waals surface area contributed by atoms with Crippen molar-refractivity contribution >= 4 is 31.9 Å². The normalized spacial score (nSPS) is 13.4. The van der Waals surface area contributed by atoms with Crippen LogP contribution >= 0.6 is 31.9 Å². The van der Waals surface area contributed by atoms with Crippen LogP contribution in [0.4, 0.5) is 0 Å². The molecule has 0 aromatic carbocycles. The molecule has 1 atom stereocenters. The molecule has 2 nitrogen and oxygen atoms in total. The van der Waals surface area contributed by atoms with Crippen LogP contribution in [-0.2, 0) is 13.0 Å². The van der Waals surface area contributed by atoms with Crippen molar-refractivity contribution in [1.82, 2.24) is 9.78 Å². The molecule has 0 spiro atoms. The average molecular weight is 352 g/mol. The van der Waals surface area contributed by atoms with E-state index in [1.807, 2.05) is 0 Å². The average Bonchev–Trinajstić information content (AvgIpc) is 2.51. The Hall–Kier alpha value is 0.170. The lowest BCUT2D eigenvalue weighted by Crippen LogP contribution is -2.16. The predicted octanol–water partition coefficient (Wildman–Crippen LogP) is 4.18. The molecule has 0 N–H and O–H groups in total. The van der Waals surface area contributed by atoms with E-state index in [1.54, 1.807) is 0 Å². The summed E-state index contributed by atoms with van der Waals surface area (Å²) in [6, 6.07) is 0. The highest BCUT2D eigenvalue weighted by atomic mass is 79.9. The van der Waals surface area contributed by atoms with Gasteiger partial charge in [0.1, 0.15) is 0 Å². The number of hydrogen-bond donors (Lipinski definition) is 0. The predicted molar refractivity (Wildman–Crippen MR) is 76.2 cm³/mol. The maximum Gasteiger partial charge on any atom is 0.0738 e. The Morgan fingerprint density at radius 2 is 2.00 bits per heavy atom. The Morgan fingerprint density at radius 1 is 1.38 bits per heavy atom. The summed E-state index contributed by atoms with van der Waals surface area (Å²) >= 11 is 7.26. The molecule has 1 aromatic heterocycles. The fraction of sp³-hybridized carbons (Fsp3) is 0.750. The van der Waals surface area contributed by atoms with E-state index in [0.29, 0.717) is 11.8 Å². The summed E-state index contributed by atoms with van der Waals surface area (Å²) < 4.78 is 3.29. The molecule has 16 heavy (non-hydrogen) atoms. The molecule has 0 bridgehead atoms. The summed E-state index contributed by atoms with van der Waals surface area (Å²) in [6.45, 7) is 9.69. The first-order valence-corrected chi connectivity index (χ1v) is 7.70. The molecule has 1 rings (SSSR count). The lowest BCUT2D eigenvalue weighted by molar-refractivity contribution is 0.412. The van der Waals surface area contributed by atoms with Gasteiger partial charge in [-0.1, -0.05) is 29.8 Å². The van der Waals surface area contributed by atoms with Gasteiger partial charge in [-0.15, -0.1) is 0 Å². The highest BCUT2D eigenvalue weighted by Gasteiger charge is 2.19. The second-order valence-corrected chi connectivity index (χ2v) is 5.96. The van der Waals surface area contributed by atoms with Gasteiger partial charge in [-0.25, -0.2) is 0 Å². The number of aryl methyl sites for hydroxylation is 2. The van der Waals surface area contributed by atoms with Gasteiger partial charge >= 0.3 is 0 Å². The monoisotopic (exact) mass is 350 g/mol. The van der Waals surface area contributed by atoms with E-state index < -0.39 is 0 Å². The van der Waals surface area contributed by atoms with Crippen molar-refractivity contribution in [2.24, 2.45) is 11.8 Å². The van der Waals surface area contributed by atoms with E-state index in [9.17, 15) is 0 Å². The van der Waals surface area contributed by atoms with Crippen LogP contribution < -0.4 is 0 Å². The van der Waals surface area contributed by atoms with Gasteiger partial charge in [0.25, 0.3) is 0 Å². The third kappa shape index (κ3) is 3.10. The first-order chi connectivity index (χ1) is 7.51. The van der Waals surface area contributed by atoms with Crippen molar-refractivity contribution in [3.8, 4) is 0 Å². The molecule has 0 aliphatic carbocycles. The van der Waals surface area contributed by atoms with Crippen molar-refractivity contribution in [2.45, 2.75) is 40.7 Å². The number of rotatable bonds is 5. The van der Waals surface area contributed by atoms with Crippen molar-refractivity contribution in [1.29, 1.82) is 0 Å². The molecular formula is C12H20Br2N2. The number of nitrogens with zero attached hydrogens (tertiary/aromatic N) is 2. The fourth-order valence-electron chi connectivity index (χ4n) is 1.78. The molecule has 1 unspecified atom stereocenters. The van der Waals surface area contributed by atoms with Crippen LogP contribution in [0, 0.1) is 18.8 Å². The molecule has 1 heterocycles. The third-order valence-corrected chi connectivity index (χ3v) is 4.91. The topological polar surface area (TPSA) is 17.8 Å². The summed E-state index contributed by atoms with van der Waals surface area (Å²) in [5.74, 6) is 1.35. The molecule has 92 valence electrons. The lowest BCUT2D eigenvalue weighted by atomic mass is 9.93. The molecule has 0 fully saturated rings. The molecule has 0 saturated heterocycles. The van der Waals surface area contributed by atoms with Crippen LogP contribution in [0.15, 0.2) is 4.47 Å². The van der Waals surface area contributed by atoms with Gasteiger partial charge in [-0.2, -0.15) is 5.10 Å². The largest absolute Gasteiger partial charge is 0.268 e. The maximum absolute atomic E-state index is 4.53. The van der Waals surface area contributed by atoms with Crippen LogP contribution in [0.1, 0.15) is 32.2 Å². The third-order valence-electron chi connectivity index (χ3n) is 3.05. The van der Waals surface area contributed by atoms with Crippen LogP contribution in [0.25, 0.3) is 0 Å². The van der Waals surface area contributed by atoms with Gasteiger partial charge in [-0.3, -0.25) is 4.68 Å². The van der Waals surface area contributed by atoms with Crippen LogP contribution in [0.5, 0.6) is 0 Å². The molecule has 0 saturated carbocycles. The Balaban J connectivity index is 2.94. The zero-order valence-corrected chi connectivity index (χ0v) is 13.6. The first kappa shape index (κ1) is 14.2. The molecule has 0 radical (unpaired) electrons. The maximum atomic E-state index is 4.53. The van der Waals surface area contributed by atoms with E-state index in [2.05, 4.69) is 69.3 Å². The standard InChI is InChI=1S/C12H20Br2N2/c1-5-16-11(12(14)9(4)15-16)6-10(7-13)8(2)3/h8,10H,5-7H2,1-4H3. The van der Waals surface area contributed by atoms with Gasteiger partial charge in [-0.05, 0) is 48.0 Å². The smallest absolute Gasteiger partial charge is 0.0738 e. The summed E-state index contributed by atoms with van der Waals surface area (Å²) in [6.07, 6.45) is 1.08. The number of alkyl halides is 1. The highest BCUT2D eigenvalue weighted by Crippen LogP contribution is 2.27. The highest BCUT2D eigenvalue weighted by molar-refractivity contribution is 9.10. The minimum atomic E-state index is 0.665. The van der Waals surface area contributed by atoms with E-state index in [1.165, 1.54) is 10.2 Å². The lowest BCUT2D eigenvalue weighted by Gasteiger charge is -2.18. The van der Waals surface area contributed by atoms with Gasteiger partial charge in [0.05, 0.1) is 15.9 Å². The second-order valence-electron chi connectivity index (χ2n) is 4.52. The van der Waals surface area contributed by atoms with Crippen molar-refractivity contribution in [3.05, 3.63) is 15.9 Å². The van der Waals surface area contributed by atoms with Crippen molar-refractivity contribution in [2.75, 3.05) is 5.33 Å². The summed E-state index contributed by atoms with van der Waals surface area (Å²) in [4.78, 5) is 0. The van der Waals surface area contributed by atoms with Gasteiger partial charge in [0.15, 0.2) is 0 Å². The number of halogens is 2. The minimum absolute atomic E-state index is 0.665. The number of hydrogen-bond acceptors (Lipinski definition) is 1. The van der Waals surface area contributed by atoms with Crippen molar-refractivity contribution < 1.29 is 0 Å². The Morgan fingerprint density at radius 3 is 2.44 bits per heavy atom. The fourth-order valence-corrected chi connectivity index (χ4v) is 3.20. The molecule has 1 aromatic rings. The first-order valence-electron chi connectivity index (χ1n) is 5.78. The van der Waals surface area contributed by atoms with Crippen LogP contribution in [0.2, 0.25) is 0 Å². The van der Waals surface area contributed by atoms with Crippen LogP contribution in [0.3, 0.4) is 0 Å². The Labute approximate surface area is 115 Å². The Kier molecular flexibility index (Phi) is 5.51. The number of aromatic nitrogens is 2. The molecule has 4 heteroatoms. The summed E-state index contributed by atoms with van der Waals surface area (Å²) in [7, 11) is 0. The van der Waals surface area contributed by atoms with E-state index in [-0.39, 0.29) is 0 Å². The van der Waals surface area contributed by atoms with Gasteiger partial charge in [0, 0.05) is 11.9 Å². The van der Waals surface area contributed by atoms with E-state index >= 15 is 0 Å². The molecule has 0 aliphatic heterocycles. The zero-order valence-electron chi connectivity index (χ0n) is 10.4.